The molecule has 1 aliphatic carbocycles. The molecule has 0 bridgehead atoms. The van der Waals surface area contributed by atoms with Crippen molar-refractivity contribution in [2.45, 2.75) is 25.8 Å². The van der Waals surface area contributed by atoms with E-state index < -0.39 is 0 Å². The van der Waals surface area contributed by atoms with Crippen LogP contribution in [0.1, 0.15) is 40.4 Å². The largest absolute Gasteiger partial charge is 0.483 e. The summed E-state index contributed by atoms with van der Waals surface area (Å²) in [5.74, 6) is 0.716. The van der Waals surface area contributed by atoms with Gasteiger partial charge in [0.15, 0.2) is 12.9 Å². The van der Waals surface area contributed by atoms with Crippen LogP contribution in [0.2, 0.25) is 0 Å². The van der Waals surface area contributed by atoms with Crippen LogP contribution in [0.15, 0.2) is 46.9 Å². The minimum absolute atomic E-state index is 0.0205. The summed E-state index contributed by atoms with van der Waals surface area (Å²) in [7, 11) is 0. The van der Waals surface area contributed by atoms with Crippen LogP contribution in [0.5, 0.6) is 5.75 Å². The van der Waals surface area contributed by atoms with Gasteiger partial charge in [0, 0.05) is 4.47 Å². The number of aryl methyl sites for hydroxylation is 1. The van der Waals surface area contributed by atoms with Gasteiger partial charge in [-0.1, -0.05) is 45.8 Å². The van der Waals surface area contributed by atoms with E-state index in [1.54, 1.807) is 18.2 Å². The van der Waals surface area contributed by atoms with Crippen LogP contribution in [-0.4, -0.2) is 18.8 Å². The number of hydrogen-bond donors (Lipinski definition) is 1. The highest BCUT2D eigenvalue weighted by atomic mass is 79.9. The Kier molecular flexibility index (Phi) is 5.53. The first-order valence-corrected chi connectivity index (χ1v) is 9.09. The third-order valence-corrected chi connectivity index (χ3v) is 4.80. The minimum Gasteiger partial charge on any atom is -0.483 e. The van der Waals surface area contributed by atoms with E-state index in [-0.39, 0.29) is 18.6 Å². The van der Waals surface area contributed by atoms with Crippen molar-refractivity contribution in [2.24, 2.45) is 5.92 Å². The first-order valence-electron chi connectivity index (χ1n) is 8.30. The molecular weight excluding hydrogens is 382 g/mol. The first-order chi connectivity index (χ1) is 12.1. The molecule has 3 rings (SSSR count). The lowest BCUT2D eigenvalue weighted by Crippen LogP contribution is -2.33. The number of nitrogens with one attached hydrogen (secondary N) is 1. The van der Waals surface area contributed by atoms with Crippen LogP contribution >= 0.6 is 15.9 Å². The molecule has 0 spiro atoms. The summed E-state index contributed by atoms with van der Waals surface area (Å²) in [5, 5.41) is 3.07. The van der Waals surface area contributed by atoms with E-state index in [4.69, 9.17) is 4.74 Å². The van der Waals surface area contributed by atoms with Crippen molar-refractivity contribution in [1.29, 1.82) is 0 Å². The second kappa shape index (κ2) is 7.83. The Morgan fingerprint density at radius 3 is 2.64 bits per heavy atom. The highest BCUT2D eigenvalue weighted by molar-refractivity contribution is 9.10. The minimum atomic E-state index is -0.183. The summed E-state index contributed by atoms with van der Waals surface area (Å²) < 4.78 is 6.33. The molecule has 0 heterocycles. The molecule has 25 heavy (non-hydrogen) atoms. The number of benzene rings is 2. The predicted molar refractivity (Wildman–Crippen MR) is 99.8 cm³/mol. The SMILES string of the molecule is Cc1ccc(C(NC(=O)COc2ccc(Br)cc2C=O)C2CC2)cc1. The van der Waals surface area contributed by atoms with E-state index in [2.05, 4.69) is 45.5 Å². The molecule has 0 aromatic heterocycles. The van der Waals surface area contributed by atoms with Gasteiger partial charge in [-0.15, -0.1) is 0 Å². The van der Waals surface area contributed by atoms with E-state index in [1.165, 1.54) is 5.56 Å². The number of aldehydes is 1. The molecule has 1 fully saturated rings. The fraction of sp³-hybridized carbons (Fsp3) is 0.300. The second-order valence-corrected chi connectivity index (χ2v) is 7.30. The molecule has 0 aliphatic heterocycles. The highest BCUT2D eigenvalue weighted by Crippen LogP contribution is 2.41. The topological polar surface area (TPSA) is 55.4 Å². The lowest BCUT2D eigenvalue weighted by atomic mass is 10.0. The average Bonchev–Trinajstić information content (AvgIpc) is 3.44. The Labute approximate surface area is 155 Å². The number of halogens is 1. The summed E-state index contributed by atoms with van der Waals surface area (Å²) in [6.07, 6.45) is 2.97. The highest BCUT2D eigenvalue weighted by Gasteiger charge is 2.33. The summed E-state index contributed by atoms with van der Waals surface area (Å²) in [5.41, 5.74) is 2.74. The first kappa shape index (κ1) is 17.7. The molecule has 2 aromatic carbocycles. The smallest absolute Gasteiger partial charge is 0.258 e. The molecule has 1 unspecified atom stereocenters. The van der Waals surface area contributed by atoms with Crippen molar-refractivity contribution in [3.63, 3.8) is 0 Å². The maximum atomic E-state index is 12.3. The fourth-order valence-electron chi connectivity index (χ4n) is 2.78. The van der Waals surface area contributed by atoms with Crippen molar-refractivity contribution in [1.82, 2.24) is 5.32 Å². The summed E-state index contributed by atoms with van der Waals surface area (Å²) in [4.78, 5) is 23.4. The lowest BCUT2D eigenvalue weighted by Gasteiger charge is -2.19. The zero-order valence-corrected chi connectivity index (χ0v) is 15.6. The van der Waals surface area contributed by atoms with Gasteiger partial charge in [-0.05, 0) is 49.4 Å². The Morgan fingerprint density at radius 1 is 1.28 bits per heavy atom. The van der Waals surface area contributed by atoms with Crippen molar-refractivity contribution in [3.05, 3.63) is 63.6 Å². The van der Waals surface area contributed by atoms with Crippen LogP contribution in [-0.2, 0) is 4.79 Å². The van der Waals surface area contributed by atoms with Gasteiger partial charge in [-0.3, -0.25) is 9.59 Å². The Bertz CT molecular complexity index is 769. The van der Waals surface area contributed by atoms with E-state index in [0.29, 0.717) is 17.2 Å². The third-order valence-electron chi connectivity index (χ3n) is 4.30. The quantitative estimate of drug-likeness (QED) is 0.706. The van der Waals surface area contributed by atoms with E-state index in [1.807, 2.05) is 6.92 Å². The third kappa shape index (κ3) is 4.69. The maximum absolute atomic E-state index is 12.3. The van der Waals surface area contributed by atoms with Crippen molar-refractivity contribution in [2.75, 3.05) is 6.61 Å². The van der Waals surface area contributed by atoms with Crippen molar-refractivity contribution < 1.29 is 14.3 Å². The van der Waals surface area contributed by atoms with Gasteiger partial charge >= 0.3 is 0 Å². The van der Waals surface area contributed by atoms with Crippen molar-refractivity contribution in [3.8, 4) is 5.75 Å². The molecule has 0 radical (unpaired) electrons. The van der Waals surface area contributed by atoms with Crippen LogP contribution in [0.4, 0.5) is 0 Å². The van der Waals surface area contributed by atoms with Gasteiger partial charge in [0.05, 0.1) is 11.6 Å². The summed E-state index contributed by atoms with van der Waals surface area (Å²) >= 11 is 3.31. The van der Waals surface area contributed by atoms with Gasteiger partial charge in [0.2, 0.25) is 0 Å². The zero-order chi connectivity index (χ0) is 17.8. The molecule has 1 atom stereocenters. The van der Waals surface area contributed by atoms with Gasteiger partial charge in [0.25, 0.3) is 5.91 Å². The van der Waals surface area contributed by atoms with Crippen LogP contribution in [0, 0.1) is 12.8 Å². The predicted octanol–water partition coefficient (Wildman–Crippen LogP) is 4.22. The Morgan fingerprint density at radius 2 is 2.00 bits per heavy atom. The molecule has 1 amide bonds. The molecule has 1 saturated carbocycles. The van der Waals surface area contributed by atoms with Gasteiger partial charge in [-0.25, -0.2) is 0 Å². The average molecular weight is 402 g/mol. The monoisotopic (exact) mass is 401 g/mol. The fourth-order valence-corrected chi connectivity index (χ4v) is 3.16. The van der Waals surface area contributed by atoms with Gasteiger partial charge < -0.3 is 10.1 Å². The van der Waals surface area contributed by atoms with Gasteiger partial charge in [-0.2, -0.15) is 0 Å². The number of amides is 1. The van der Waals surface area contributed by atoms with E-state index in [9.17, 15) is 9.59 Å². The van der Waals surface area contributed by atoms with E-state index >= 15 is 0 Å². The van der Waals surface area contributed by atoms with Crippen LogP contribution in [0.25, 0.3) is 0 Å². The molecule has 5 heteroatoms. The van der Waals surface area contributed by atoms with Gasteiger partial charge in [0.1, 0.15) is 5.75 Å². The number of carbonyl (C=O) groups excluding carboxylic acids is 2. The second-order valence-electron chi connectivity index (χ2n) is 6.38. The number of rotatable bonds is 7. The number of carbonyl (C=O) groups is 2. The molecular formula is C20H20BrNO3. The van der Waals surface area contributed by atoms with Crippen LogP contribution < -0.4 is 10.1 Å². The molecule has 2 aromatic rings. The molecule has 0 saturated heterocycles. The Balaban J connectivity index is 1.63. The summed E-state index contributed by atoms with van der Waals surface area (Å²) in [6, 6.07) is 13.4. The van der Waals surface area contributed by atoms with Crippen molar-refractivity contribution >= 4 is 28.1 Å². The number of ether oxygens (including phenoxy) is 1. The maximum Gasteiger partial charge on any atom is 0.258 e. The van der Waals surface area contributed by atoms with Crippen LogP contribution in [0.3, 0.4) is 0 Å². The zero-order valence-electron chi connectivity index (χ0n) is 14.0. The lowest BCUT2D eigenvalue weighted by molar-refractivity contribution is -0.124. The molecule has 130 valence electrons. The molecule has 1 aliphatic rings. The molecule has 1 N–H and O–H groups in total. The van der Waals surface area contributed by atoms with E-state index in [0.717, 1.165) is 29.2 Å². The normalized spacial score (nSPS) is 14.6. The Hall–Kier alpha value is -2.14. The number of hydrogen-bond acceptors (Lipinski definition) is 3. The summed E-state index contributed by atoms with van der Waals surface area (Å²) in [6.45, 7) is 1.93. The molecule has 4 nitrogen and oxygen atoms in total. The standard InChI is InChI=1S/C20H20BrNO3/c1-13-2-4-14(5-3-13)20(15-6-7-15)22-19(24)12-25-18-9-8-17(21)10-16(18)11-23/h2-5,8-11,15,20H,6-7,12H2,1H3,(H,22,24).